The summed E-state index contributed by atoms with van der Waals surface area (Å²) < 4.78 is 21.1. The Balaban J connectivity index is 1.92. The molecule has 0 aliphatic heterocycles. The lowest BCUT2D eigenvalue weighted by atomic mass is 10.1. The van der Waals surface area contributed by atoms with E-state index >= 15 is 0 Å². The first-order chi connectivity index (χ1) is 13.0. The van der Waals surface area contributed by atoms with Gasteiger partial charge < -0.3 is 18.9 Å². The van der Waals surface area contributed by atoms with Crippen LogP contribution in [0.15, 0.2) is 36.4 Å². The number of nitrogens with zero attached hydrogens (tertiary/aromatic N) is 1. The molecule has 0 saturated heterocycles. The predicted octanol–water partition coefficient (Wildman–Crippen LogP) is 3.30. The normalized spacial score (nSPS) is 10.2. The minimum Gasteiger partial charge on any atom is -0.493 e. The Kier molecular flexibility index (Phi) is 6.99. The van der Waals surface area contributed by atoms with E-state index in [4.69, 9.17) is 18.9 Å². The van der Waals surface area contributed by atoms with Crippen molar-refractivity contribution in [3.05, 3.63) is 57.6 Å². The van der Waals surface area contributed by atoms with Gasteiger partial charge in [0.15, 0.2) is 11.5 Å². The SMILES string of the molecule is COc1cc(CCC(=O)OCc2ccc([N+](=O)[O-])cc2)cc(OC)c1OC. The molecule has 0 atom stereocenters. The number of rotatable bonds is 9. The molecule has 0 bridgehead atoms. The van der Waals surface area contributed by atoms with E-state index in [1.54, 1.807) is 24.3 Å². The third-order valence-corrected chi connectivity index (χ3v) is 3.89. The molecule has 8 heteroatoms. The number of ether oxygens (including phenoxy) is 4. The van der Waals surface area contributed by atoms with E-state index in [0.717, 1.165) is 5.56 Å². The average Bonchev–Trinajstić information content (AvgIpc) is 2.69. The molecular formula is C19H21NO7. The van der Waals surface area contributed by atoms with Gasteiger partial charge in [0.1, 0.15) is 6.61 Å². The fourth-order valence-corrected chi connectivity index (χ4v) is 2.48. The molecule has 0 amide bonds. The van der Waals surface area contributed by atoms with Crippen molar-refractivity contribution in [1.29, 1.82) is 0 Å². The minimum atomic E-state index is -0.479. The van der Waals surface area contributed by atoms with E-state index in [1.807, 2.05) is 0 Å². The molecular weight excluding hydrogens is 354 g/mol. The summed E-state index contributed by atoms with van der Waals surface area (Å²) in [5.74, 6) is 1.16. The van der Waals surface area contributed by atoms with Crippen LogP contribution in [0.5, 0.6) is 17.2 Å². The Bertz CT molecular complexity index is 777. The molecule has 0 aliphatic rings. The number of aryl methyl sites for hydroxylation is 1. The summed E-state index contributed by atoms with van der Waals surface area (Å²) in [6.07, 6.45) is 0.613. The zero-order chi connectivity index (χ0) is 19.8. The van der Waals surface area contributed by atoms with E-state index < -0.39 is 4.92 Å². The number of benzene rings is 2. The second-order valence-electron chi connectivity index (χ2n) is 5.62. The molecule has 0 heterocycles. The first-order valence-electron chi connectivity index (χ1n) is 8.16. The molecule has 0 fully saturated rings. The molecule has 0 saturated carbocycles. The van der Waals surface area contributed by atoms with Crippen molar-refractivity contribution in [1.82, 2.24) is 0 Å². The highest BCUT2D eigenvalue weighted by molar-refractivity contribution is 5.70. The van der Waals surface area contributed by atoms with E-state index in [-0.39, 0.29) is 24.7 Å². The van der Waals surface area contributed by atoms with Crippen LogP contribution in [0.2, 0.25) is 0 Å². The van der Waals surface area contributed by atoms with Crippen LogP contribution in [0.25, 0.3) is 0 Å². The standard InChI is InChI=1S/C19H21NO7/c1-24-16-10-14(11-17(25-2)19(16)26-3)6-9-18(21)27-12-13-4-7-15(8-5-13)20(22)23/h4-5,7-8,10-11H,6,9,12H2,1-3H3. The van der Waals surface area contributed by atoms with Gasteiger partial charge in [-0.15, -0.1) is 0 Å². The van der Waals surface area contributed by atoms with Gasteiger partial charge >= 0.3 is 5.97 Å². The van der Waals surface area contributed by atoms with Crippen LogP contribution in [0, 0.1) is 10.1 Å². The highest BCUT2D eigenvalue weighted by Gasteiger charge is 2.14. The van der Waals surface area contributed by atoms with Crippen LogP contribution >= 0.6 is 0 Å². The summed E-state index contributed by atoms with van der Waals surface area (Å²) >= 11 is 0. The third-order valence-electron chi connectivity index (χ3n) is 3.89. The Morgan fingerprint density at radius 1 is 0.963 bits per heavy atom. The van der Waals surface area contributed by atoms with Gasteiger partial charge in [-0.05, 0) is 41.8 Å². The maximum atomic E-state index is 12.0. The van der Waals surface area contributed by atoms with Crippen LogP contribution in [0.4, 0.5) is 5.69 Å². The summed E-state index contributed by atoms with van der Waals surface area (Å²) in [7, 11) is 4.58. The molecule has 0 radical (unpaired) electrons. The molecule has 0 aromatic heterocycles. The number of nitro groups is 1. The molecule has 0 N–H and O–H groups in total. The first-order valence-corrected chi connectivity index (χ1v) is 8.16. The summed E-state index contributed by atoms with van der Waals surface area (Å²) in [6.45, 7) is 0.0616. The van der Waals surface area contributed by atoms with Crippen molar-refractivity contribution < 1.29 is 28.7 Å². The van der Waals surface area contributed by atoms with E-state index in [1.165, 1.54) is 33.5 Å². The summed E-state index contributed by atoms with van der Waals surface area (Å²) in [5.41, 5.74) is 1.52. The number of esters is 1. The van der Waals surface area contributed by atoms with Crippen molar-refractivity contribution in [2.75, 3.05) is 21.3 Å². The molecule has 144 valence electrons. The van der Waals surface area contributed by atoms with E-state index in [2.05, 4.69) is 0 Å². The largest absolute Gasteiger partial charge is 0.493 e. The zero-order valence-corrected chi connectivity index (χ0v) is 15.4. The highest BCUT2D eigenvalue weighted by atomic mass is 16.6. The maximum Gasteiger partial charge on any atom is 0.306 e. The smallest absolute Gasteiger partial charge is 0.306 e. The van der Waals surface area contributed by atoms with Gasteiger partial charge in [-0.25, -0.2) is 0 Å². The second kappa shape index (κ2) is 9.42. The molecule has 0 aliphatic carbocycles. The van der Waals surface area contributed by atoms with Crippen LogP contribution < -0.4 is 14.2 Å². The van der Waals surface area contributed by atoms with Gasteiger partial charge in [-0.2, -0.15) is 0 Å². The van der Waals surface area contributed by atoms with Crippen LogP contribution in [-0.2, 0) is 22.6 Å². The second-order valence-corrected chi connectivity index (χ2v) is 5.62. The van der Waals surface area contributed by atoms with Gasteiger partial charge in [0.25, 0.3) is 5.69 Å². The van der Waals surface area contributed by atoms with Gasteiger partial charge in [0, 0.05) is 18.6 Å². The van der Waals surface area contributed by atoms with Crippen molar-refractivity contribution in [2.24, 2.45) is 0 Å². The lowest BCUT2D eigenvalue weighted by Gasteiger charge is -2.14. The Morgan fingerprint density at radius 2 is 1.56 bits per heavy atom. The van der Waals surface area contributed by atoms with E-state index in [9.17, 15) is 14.9 Å². The van der Waals surface area contributed by atoms with E-state index in [0.29, 0.717) is 29.2 Å². The molecule has 2 rings (SSSR count). The summed E-state index contributed by atoms with van der Waals surface area (Å²) in [4.78, 5) is 22.1. The fourth-order valence-electron chi connectivity index (χ4n) is 2.48. The Morgan fingerprint density at radius 3 is 2.04 bits per heavy atom. The Labute approximate surface area is 156 Å². The minimum absolute atomic E-state index is 0.00697. The molecule has 2 aromatic carbocycles. The molecule has 27 heavy (non-hydrogen) atoms. The molecule has 0 unspecified atom stereocenters. The van der Waals surface area contributed by atoms with Crippen molar-refractivity contribution in [2.45, 2.75) is 19.4 Å². The lowest BCUT2D eigenvalue weighted by Crippen LogP contribution is -2.06. The Hall–Kier alpha value is -3.29. The number of hydrogen-bond acceptors (Lipinski definition) is 7. The average molecular weight is 375 g/mol. The van der Waals surface area contributed by atoms with Crippen LogP contribution in [-0.4, -0.2) is 32.2 Å². The maximum absolute atomic E-state index is 12.0. The van der Waals surface area contributed by atoms with Crippen molar-refractivity contribution in [3.63, 3.8) is 0 Å². The van der Waals surface area contributed by atoms with Gasteiger partial charge in [-0.3, -0.25) is 14.9 Å². The fraction of sp³-hybridized carbons (Fsp3) is 0.316. The number of carbonyl (C=O) groups excluding carboxylic acids is 1. The topological polar surface area (TPSA) is 97.1 Å². The number of methoxy groups -OCH3 is 3. The molecule has 0 spiro atoms. The highest BCUT2D eigenvalue weighted by Crippen LogP contribution is 2.38. The number of hydrogen-bond donors (Lipinski definition) is 0. The van der Waals surface area contributed by atoms with Crippen LogP contribution in [0.3, 0.4) is 0 Å². The monoisotopic (exact) mass is 375 g/mol. The number of nitro benzene ring substituents is 1. The van der Waals surface area contributed by atoms with Crippen LogP contribution in [0.1, 0.15) is 17.5 Å². The third kappa shape index (κ3) is 5.34. The van der Waals surface area contributed by atoms with Gasteiger partial charge in [-0.1, -0.05) is 0 Å². The summed E-state index contributed by atoms with van der Waals surface area (Å²) in [6, 6.07) is 9.43. The predicted molar refractivity (Wildman–Crippen MR) is 97.3 cm³/mol. The molecule has 8 nitrogen and oxygen atoms in total. The van der Waals surface area contributed by atoms with Gasteiger partial charge in [0.05, 0.1) is 26.3 Å². The zero-order valence-electron chi connectivity index (χ0n) is 15.4. The summed E-state index contributed by atoms with van der Waals surface area (Å²) in [5, 5.41) is 10.6. The number of non-ortho nitro benzene ring substituents is 1. The number of carbonyl (C=O) groups is 1. The molecule has 2 aromatic rings. The van der Waals surface area contributed by atoms with Crippen molar-refractivity contribution >= 4 is 11.7 Å². The quantitative estimate of drug-likeness (QED) is 0.377. The lowest BCUT2D eigenvalue weighted by molar-refractivity contribution is -0.384. The first kappa shape index (κ1) is 20.0. The van der Waals surface area contributed by atoms with Crippen molar-refractivity contribution in [3.8, 4) is 17.2 Å². The van der Waals surface area contributed by atoms with Gasteiger partial charge in [0.2, 0.25) is 5.75 Å².